The van der Waals surface area contributed by atoms with E-state index in [-0.39, 0.29) is 32.0 Å². The van der Waals surface area contributed by atoms with Crippen LogP contribution in [0.3, 0.4) is 0 Å². The average Bonchev–Trinajstić information content (AvgIpc) is 3.60. The zero-order valence-corrected chi connectivity index (χ0v) is 59.5. The molecule has 0 aliphatic carbocycles. The van der Waals surface area contributed by atoms with Gasteiger partial charge in [0.15, 0.2) is 6.10 Å². The lowest BCUT2D eigenvalue weighted by molar-refractivity contribution is -0.870. The first-order valence-corrected chi connectivity index (χ1v) is 38.6. The normalized spacial score (nSPS) is 13.7. The fourth-order valence-electron chi connectivity index (χ4n) is 10.4. The second-order valence-electron chi connectivity index (χ2n) is 25.9. The predicted molar refractivity (Wildman–Crippen MR) is 383 cm³/mol. The Morgan fingerprint density at radius 1 is 0.360 bits per heavy atom. The lowest BCUT2D eigenvalue weighted by atomic mass is 10.0. The minimum atomic E-state index is -4.65. The van der Waals surface area contributed by atoms with Crippen LogP contribution >= 0.6 is 7.82 Å². The van der Waals surface area contributed by atoms with Gasteiger partial charge in [0.1, 0.15) is 19.8 Å². The number of likely N-dealkylation sites (N-methyl/N-ethyl adjacent to an activating group) is 1. The summed E-state index contributed by atoms with van der Waals surface area (Å²) in [7, 11) is 1.17. The molecule has 0 aromatic heterocycles. The molecule has 0 fully saturated rings. The van der Waals surface area contributed by atoms with Gasteiger partial charge in [-0.05, 0) is 83.5 Å². The fourth-order valence-corrected chi connectivity index (χ4v) is 11.1. The third-order valence-electron chi connectivity index (χ3n) is 16.1. The van der Waals surface area contributed by atoms with Crippen LogP contribution in [0.25, 0.3) is 0 Å². The van der Waals surface area contributed by atoms with Gasteiger partial charge in [-0.2, -0.15) is 0 Å². The summed E-state index contributed by atoms with van der Waals surface area (Å²) >= 11 is 0. The summed E-state index contributed by atoms with van der Waals surface area (Å²) in [4.78, 5) is 38.1. The standard InChI is InChI=1S/C79H140NO8P/c1-6-8-10-12-14-16-18-20-22-24-26-28-30-32-33-34-35-36-37-38-39-40-41-42-43-44-45-46-47-48-50-52-54-56-58-60-62-64-66-68-70-72-79(82)88-77(76-87-89(83,84)86-74-73-80(3,4)5)75-85-78(81)71-69-67-65-63-61-59-57-55-53-51-49-31-29-27-25-23-21-19-17-15-13-11-9-7-2/h8,10,14,16,20,22,26,28,32-33,35-36,38-39,41-42,44-45,77H,6-7,9,11-13,15,17-19,21,23-25,27,29-31,34,37,40,43,46-76H2,1-5H3/b10-8-,16-14-,22-20-,28-26-,33-32-,36-35-,39-38-,42-41-,45-44-. The molecule has 2 unspecified atom stereocenters. The number of hydrogen-bond acceptors (Lipinski definition) is 8. The molecular formula is C79H140NO8P. The zero-order valence-electron chi connectivity index (χ0n) is 58.6. The minimum absolute atomic E-state index is 0.0325. The Labute approximate surface area is 550 Å². The van der Waals surface area contributed by atoms with E-state index in [4.69, 9.17) is 18.5 Å². The number of hydrogen-bond donors (Lipinski definition) is 0. The van der Waals surface area contributed by atoms with Crippen LogP contribution in [0.1, 0.15) is 328 Å². The van der Waals surface area contributed by atoms with Gasteiger partial charge in [-0.15, -0.1) is 0 Å². The van der Waals surface area contributed by atoms with Crippen LogP contribution in [0.5, 0.6) is 0 Å². The van der Waals surface area contributed by atoms with Crippen LogP contribution in [0.2, 0.25) is 0 Å². The van der Waals surface area contributed by atoms with E-state index in [0.717, 1.165) is 96.3 Å². The summed E-state index contributed by atoms with van der Waals surface area (Å²) in [5, 5.41) is 0. The van der Waals surface area contributed by atoms with Crippen molar-refractivity contribution in [2.75, 3.05) is 47.5 Å². The SMILES string of the molecule is CC/C=C\C/C=C\C/C=C\C/C=C\C/C=C\C/C=C\C/C=C\C/C=C\C/C=C\CCCCCCCCCCCCCCCC(=O)OC(COC(=O)CCCCCCCCCCCCCCCCCCCCCCCCCC)COP(=O)([O-])OCC[N+](C)(C)C. The molecule has 514 valence electrons. The van der Waals surface area contributed by atoms with Crippen molar-refractivity contribution >= 4 is 19.8 Å². The molecule has 0 saturated heterocycles. The Bertz CT molecular complexity index is 1870. The number of ether oxygens (including phenoxy) is 2. The summed E-state index contributed by atoms with van der Waals surface area (Å²) in [5.41, 5.74) is 0. The van der Waals surface area contributed by atoms with Gasteiger partial charge < -0.3 is 27.9 Å². The first-order chi connectivity index (χ1) is 43.5. The fraction of sp³-hybridized carbons (Fsp3) is 0.747. The Balaban J connectivity index is 4.02. The maximum atomic E-state index is 12.9. The van der Waals surface area contributed by atoms with Gasteiger partial charge in [0.25, 0.3) is 7.82 Å². The van der Waals surface area contributed by atoms with Crippen LogP contribution in [0.15, 0.2) is 109 Å². The summed E-state index contributed by atoms with van der Waals surface area (Å²) in [6.07, 6.45) is 97.5. The maximum Gasteiger partial charge on any atom is 0.306 e. The monoisotopic (exact) mass is 1260 g/mol. The Kier molecular flexibility index (Phi) is 66.4. The average molecular weight is 1260 g/mol. The number of rotatable bonds is 68. The number of carbonyl (C=O) groups is 2. The number of phosphoric ester groups is 1. The van der Waals surface area contributed by atoms with E-state index >= 15 is 0 Å². The second kappa shape index (κ2) is 69.0. The highest BCUT2D eigenvalue weighted by atomic mass is 31.2. The first-order valence-electron chi connectivity index (χ1n) is 37.1. The van der Waals surface area contributed by atoms with Gasteiger partial charge in [0, 0.05) is 12.8 Å². The van der Waals surface area contributed by atoms with Crippen LogP contribution in [-0.2, 0) is 32.7 Å². The third-order valence-corrected chi connectivity index (χ3v) is 17.0. The molecule has 0 spiro atoms. The predicted octanol–water partition coefficient (Wildman–Crippen LogP) is 23.8. The van der Waals surface area contributed by atoms with Crippen molar-refractivity contribution in [1.82, 2.24) is 0 Å². The molecular weight excluding hydrogens is 1120 g/mol. The molecule has 10 heteroatoms. The van der Waals surface area contributed by atoms with E-state index in [1.165, 1.54) is 199 Å². The lowest BCUT2D eigenvalue weighted by Crippen LogP contribution is -2.37. The molecule has 0 N–H and O–H groups in total. The van der Waals surface area contributed by atoms with Gasteiger partial charge in [-0.3, -0.25) is 14.2 Å². The first kappa shape index (κ1) is 85.7. The number of esters is 2. The van der Waals surface area contributed by atoms with Crippen molar-refractivity contribution in [3.05, 3.63) is 109 Å². The maximum absolute atomic E-state index is 12.9. The van der Waals surface area contributed by atoms with Gasteiger partial charge in [-0.1, -0.05) is 342 Å². The Hall–Kier alpha value is -3.33. The molecule has 0 radical (unpaired) electrons. The van der Waals surface area contributed by atoms with Crippen LogP contribution < -0.4 is 4.89 Å². The van der Waals surface area contributed by atoms with Crippen molar-refractivity contribution in [2.45, 2.75) is 335 Å². The largest absolute Gasteiger partial charge is 0.756 e. The quantitative estimate of drug-likeness (QED) is 0.0195. The number of phosphoric acid groups is 1. The molecule has 2 atom stereocenters. The molecule has 0 aliphatic rings. The van der Waals surface area contributed by atoms with Crippen molar-refractivity contribution in [3.63, 3.8) is 0 Å². The molecule has 0 bridgehead atoms. The van der Waals surface area contributed by atoms with E-state index in [9.17, 15) is 19.0 Å². The van der Waals surface area contributed by atoms with Crippen molar-refractivity contribution < 1.29 is 42.1 Å². The zero-order chi connectivity index (χ0) is 64.8. The van der Waals surface area contributed by atoms with E-state index in [0.29, 0.717) is 17.4 Å². The van der Waals surface area contributed by atoms with Crippen LogP contribution in [0.4, 0.5) is 0 Å². The highest BCUT2D eigenvalue weighted by Crippen LogP contribution is 2.38. The Morgan fingerprint density at radius 2 is 0.640 bits per heavy atom. The molecule has 0 rings (SSSR count). The third kappa shape index (κ3) is 73.6. The highest BCUT2D eigenvalue weighted by Gasteiger charge is 2.22. The molecule has 89 heavy (non-hydrogen) atoms. The number of allylic oxidation sites excluding steroid dienone is 18. The number of unbranched alkanes of at least 4 members (excludes halogenated alkanes) is 36. The van der Waals surface area contributed by atoms with Crippen molar-refractivity contribution in [3.8, 4) is 0 Å². The van der Waals surface area contributed by atoms with E-state index in [1.54, 1.807) is 0 Å². The van der Waals surface area contributed by atoms with E-state index in [1.807, 2.05) is 21.1 Å². The van der Waals surface area contributed by atoms with Crippen molar-refractivity contribution in [2.24, 2.45) is 0 Å². The van der Waals surface area contributed by atoms with Gasteiger partial charge >= 0.3 is 11.9 Å². The summed E-state index contributed by atoms with van der Waals surface area (Å²) in [6, 6.07) is 0. The minimum Gasteiger partial charge on any atom is -0.756 e. The molecule has 9 nitrogen and oxygen atoms in total. The topological polar surface area (TPSA) is 111 Å². The molecule has 0 aliphatic heterocycles. The second-order valence-corrected chi connectivity index (χ2v) is 27.3. The molecule has 0 heterocycles. The van der Waals surface area contributed by atoms with E-state index in [2.05, 4.69) is 123 Å². The highest BCUT2D eigenvalue weighted by molar-refractivity contribution is 7.45. The lowest BCUT2D eigenvalue weighted by Gasteiger charge is -2.28. The molecule has 0 aromatic rings. The van der Waals surface area contributed by atoms with Crippen LogP contribution in [-0.4, -0.2) is 70.0 Å². The molecule has 0 saturated carbocycles. The summed E-state index contributed by atoms with van der Waals surface area (Å²) < 4.78 is 34.4. The van der Waals surface area contributed by atoms with Crippen molar-refractivity contribution in [1.29, 1.82) is 0 Å². The smallest absolute Gasteiger partial charge is 0.306 e. The summed E-state index contributed by atoms with van der Waals surface area (Å²) in [6.45, 7) is 4.17. The van der Waals surface area contributed by atoms with Gasteiger partial charge in [0.2, 0.25) is 0 Å². The van der Waals surface area contributed by atoms with E-state index < -0.39 is 26.5 Å². The van der Waals surface area contributed by atoms with Gasteiger partial charge in [-0.25, -0.2) is 0 Å². The number of carbonyl (C=O) groups excluding carboxylic acids is 2. The number of quaternary nitrogens is 1. The number of nitrogens with zero attached hydrogens (tertiary/aromatic N) is 1. The summed E-state index contributed by atoms with van der Waals surface area (Å²) in [5.74, 6) is -0.823. The van der Waals surface area contributed by atoms with Crippen LogP contribution in [0, 0.1) is 0 Å². The molecule has 0 aromatic carbocycles. The molecule has 0 amide bonds. The van der Waals surface area contributed by atoms with Gasteiger partial charge in [0.05, 0.1) is 27.7 Å². The Morgan fingerprint density at radius 3 is 0.955 bits per heavy atom.